The molecule has 0 unspecified atom stereocenters. The smallest absolute Gasteiger partial charge is 0.251 e. The minimum absolute atomic E-state index is 0.0962. The molecule has 1 saturated carbocycles. The van der Waals surface area contributed by atoms with Crippen molar-refractivity contribution in [1.82, 2.24) is 15.3 Å². The van der Waals surface area contributed by atoms with Gasteiger partial charge in [0.05, 0.1) is 12.8 Å². The van der Waals surface area contributed by atoms with Crippen LogP contribution in [0.1, 0.15) is 29.9 Å². The molecule has 0 aliphatic heterocycles. The largest absolute Gasteiger partial charge is 0.497 e. The Hall–Kier alpha value is -2.14. The monoisotopic (exact) mass is 285 g/mol. The first-order valence-corrected chi connectivity index (χ1v) is 7.18. The van der Waals surface area contributed by atoms with Crippen molar-refractivity contribution in [3.05, 3.63) is 57.8 Å². The van der Waals surface area contributed by atoms with Crippen molar-refractivity contribution in [1.29, 1.82) is 0 Å². The minimum Gasteiger partial charge on any atom is -0.497 e. The predicted molar refractivity (Wildman–Crippen MR) is 80.5 cm³/mol. The first-order chi connectivity index (χ1) is 10.2. The molecule has 0 spiro atoms. The zero-order valence-corrected chi connectivity index (χ0v) is 12.1. The third-order valence-electron chi connectivity index (χ3n) is 3.52. The summed E-state index contributed by atoms with van der Waals surface area (Å²) in [5.41, 5.74) is 1.79. The van der Waals surface area contributed by atoms with E-state index in [1.807, 2.05) is 24.3 Å². The summed E-state index contributed by atoms with van der Waals surface area (Å²) in [4.78, 5) is 19.0. The van der Waals surface area contributed by atoms with E-state index in [0.29, 0.717) is 24.8 Å². The number of aromatic amines is 1. The standard InChI is InChI=1S/C16H19N3O2/c1-21-14-6-2-11(3-7-14)8-15-18-13(9-16(20)19-15)10-17-12-4-5-12/h2-3,6-7,9,12,17H,4-5,8,10H2,1H3,(H,18,19,20). The van der Waals surface area contributed by atoms with E-state index in [1.54, 1.807) is 13.2 Å². The maximum Gasteiger partial charge on any atom is 0.251 e. The Morgan fingerprint density at radius 1 is 1.33 bits per heavy atom. The topological polar surface area (TPSA) is 67.0 Å². The molecule has 1 fully saturated rings. The molecule has 1 heterocycles. The SMILES string of the molecule is COc1ccc(Cc2nc(CNC3CC3)cc(=O)[nH]2)cc1. The Kier molecular flexibility index (Phi) is 4.01. The van der Waals surface area contributed by atoms with Gasteiger partial charge in [-0.15, -0.1) is 0 Å². The number of rotatable bonds is 6. The maximum absolute atomic E-state index is 11.7. The average Bonchev–Trinajstić information content (AvgIpc) is 3.30. The quantitative estimate of drug-likeness (QED) is 0.846. The third-order valence-corrected chi connectivity index (χ3v) is 3.52. The lowest BCUT2D eigenvalue weighted by atomic mass is 10.1. The van der Waals surface area contributed by atoms with E-state index >= 15 is 0 Å². The van der Waals surface area contributed by atoms with Crippen LogP contribution in [0.2, 0.25) is 0 Å². The van der Waals surface area contributed by atoms with Gasteiger partial charge in [0.25, 0.3) is 5.56 Å². The normalized spacial score (nSPS) is 14.1. The van der Waals surface area contributed by atoms with Crippen LogP contribution >= 0.6 is 0 Å². The molecule has 3 rings (SSSR count). The molecule has 2 aromatic rings. The van der Waals surface area contributed by atoms with Gasteiger partial charge in [-0.2, -0.15) is 0 Å². The van der Waals surface area contributed by atoms with Gasteiger partial charge < -0.3 is 15.0 Å². The molecule has 2 N–H and O–H groups in total. The number of nitrogens with zero attached hydrogens (tertiary/aromatic N) is 1. The lowest BCUT2D eigenvalue weighted by Crippen LogP contribution is -2.20. The number of ether oxygens (including phenoxy) is 1. The second-order valence-electron chi connectivity index (χ2n) is 5.36. The summed E-state index contributed by atoms with van der Waals surface area (Å²) >= 11 is 0. The third kappa shape index (κ3) is 3.92. The fraction of sp³-hybridized carbons (Fsp3) is 0.375. The molecule has 1 aliphatic carbocycles. The van der Waals surface area contributed by atoms with Crippen LogP contribution in [0.5, 0.6) is 5.75 Å². The van der Waals surface area contributed by atoms with E-state index in [1.165, 1.54) is 12.8 Å². The summed E-state index contributed by atoms with van der Waals surface area (Å²) in [5.74, 6) is 1.52. The summed E-state index contributed by atoms with van der Waals surface area (Å²) < 4.78 is 5.14. The summed E-state index contributed by atoms with van der Waals surface area (Å²) in [6.07, 6.45) is 3.06. The number of benzene rings is 1. The second-order valence-corrected chi connectivity index (χ2v) is 5.36. The molecular weight excluding hydrogens is 266 g/mol. The van der Waals surface area contributed by atoms with Crippen molar-refractivity contribution in [2.24, 2.45) is 0 Å². The first-order valence-electron chi connectivity index (χ1n) is 7.18. The Labute approximate surface area is 123 Å². The highest BCUT2D eigenvalue weighted by Crippen LogP contribution is 2.19. The highest BCUT2D eigenvalue weighted by Gasteiger charge is 2.20. The molecule has 5 nitrogen and oxygen atoms in total. The summed E-state index contributed by atoms with van der Waals surface area (Å²) in [6, 6.07) is 9.95. The van der Waals surface area contributed by atoms with Crippen LogP contribution < -0.4 is 15.6 Å². The Morgan fingerprint density at radius 2 is 2.10 bits per heavy atom. The average molecular weight is 285 g/mol. The zero-order chi connectivity index (χ0) is 14.7. The molecule has 5 heteroatoms. The molecule has 1 aromatic carbocycles. The fourth-order valence-corrected chi connectivity index (χ4v) is 2.21. The van der Waals surface area contributed by atoms with Crippen LogP contribution in [0.3, 0.4) is 0 Å². The molecule has 21 heavy (non-hydrogen) atoms. The van der Waals surface area contributed by atoms with Crippen LogP contribution in [0.25, 0.3) is 0 Å². The van der Waals surface area contributed by atoms with E-state index < -0.39 is 0 Å². The number of hydrogen-bond acceptors (Lipinski definition) is 4. The van der Waals surface area contributed by atoms with Gasteiger partial charge >= 0.3 is 0 Å². The van der Waals surface area contributed by atoms with Gasteiger partial charge in [0.2, 0.25) is 0 Å². The van der Waals surface area contributed by atoms with Gasteiger partial charge in [0, 0.05) is 25.1 Å². The molecule has 1 aromatic heterocycles. The molecule has 0 radical (unpaired) electrons. The van der Waals surface area contributed by atoms with Gasteiger partial charge in [0.1, 0.15) is 11.6 Å². The van der Waals surface area contributed by atoms with Crippen molar-refractivity contribution in [3.8, 4) is 5.75 Å². The summed E-state index contributed by atoms with van der Waals surface area (Å²) in [5, 5.41) is 3.37. The van der Waals surface area contributed by atoms with Gasteiger partial charge in [-0.1, -0.05) is 12.1 Å². The first kappa shape index (κ1) is 13.8. The molecular formula is C16H19N3O2. The van der Waals surface area contributed by atoms with Gasteiger partial charge in [0.15, 0.2) is 0 Å². The van der Waals surface area contributed by atoms with Crippen molar-refractivity contribution in [2.75, 3.05) is 7.11 Å². The number of H-pyrrole nitrogens is 1. The molecule has 0 atom stereocenters. The molecule has 0 amide bonds. The van der Waals surface area contributed by atoms with Crippen molar-refractivity contribution in [2.45, 2.75) is 31.8 Å². The van der Waals surface area contributed by atoms with Crippen LogP contribution in [0, 0.1) is 0 Å². The van der Waals surface area contributed by atoms with E-state index in [2.05, 4.69) is 15.3 Å². The molecule has 1 aliphatic rings. The van der Waals surface area contributed by atoms with E-state index in [0.717, 1.165) is 17.0 Å². The van der Waals surface area contributed by atoms with E-state index in [4.69, 9.17) is 4.74 Å². The Bertz CT molecular complexity index is 660. The molecule has 0 bridgehead atoms. The highest BCUT2D eigenvalue weighted by atomic mass is 16.5. The van der Waals surface area contributed by atoms with Crippen LogP contribution in [-0.4, -0.2) is 23.1 Å². The minimum atomic E-state index is -0.0962. The maximum atomic E-state index is 11.7. The number of aromatic nitrogens is 2. The second kappa shape index (κ2) is 6.10. The van der Waals surface area contributed by atoms with Crippen LogP contribution in [0.15, 0.2) is 35.1 Å². The van der Waals surface area contributed by atoms with E-state index in [9.17, 15) is 4.79 Å². The Morgan fingerprint density at radius 3 is 2.76 bits per heavy atom. The highest BCUT2D eigenvalue weighted by molar-refractivity contribution is 5.28. The predicted octanol–water partition coefficient (Wildman–Crippen LogP) is 1.62. The molecule has 0 saturated heterocycles. The summed E-state index contributed by atoms with van der Waals surface area (Å²) in [7, 11) is 1.64. The van der Waals surface area contributed by atoms with Crippen LogP contribution in [-0.2, 0) is 13.0 Å². The van der Waals surface area contributed by atoms with Gasteiger partial charge in [-0.05, 0) is 30.5 Å². The lowest BCUT2D eigenvalue weighted by Gasteiger charge is -2.06. The fourth-order valence-electron chi connectivity index (χ4n) is 2.21. The number of hydrogen-bond donors (Lipinski definition) is 2. The van der Waals surface area contributed by atoms with Crippen molar-refractivity contribution < 1.29 is 4.74 Å². The van der Waals surface area contributed by atoms with E-state index in [-0.39, 0.29) is 5.56 Å². The van der Waals surface area contributed by atoms with Crippen LogP contribution in [0.4, 0.5) is 0 Å². The number of nitrogens with one attached hydrogen (secondary N) is 2. The van der Waals surface area contributed by atoms with Gasteiger partial charge in [-0.25, -0.2) is 4.98 Å². The zero-order valence-electron chi connectivity index (χ0n) is 12.1. The van der Waals surface area contributed by atoms with Crippen molar-refractivity contribution >= 4 is 0 Å². The van der Waals surface area contributed by atoms with Crippen molar-refractivity contribution in [3.63, 3.8) is 0 Å². The Balaban J connectivity index is 1.72. The lowest BCUT2D eigenvalue weighted by molar-refractivity contribution is 0.414. The molecule has 110 valence electrons. The summed E-state index contributed by atoms with van der Waals surface area (Å²) in [6.45, 7) is 0.657. The number of methoxy groups -OCH3 is 1. The van der Waals surface area contributed by atoms with Gasteiger partial charge in [-0.3, -0.25) is 4.79 Å².